The van der Waals surface area contributed by atoms with Crippen LogP contribution in [0.3, 0.4) is 0 Å². The number of benzene rings is 1. The fourth-order valence-electron chi connectivity index (χ4n) is 1.57. The number of rotatable bonds is 4. The van der Waals surface area contributed by atoms with Crippen molar-refractivity contribution >= 4 is 11.6 Å². The second kappa shape index (κ2) is 5.08. The van der Waals surface area contributed by atoms with Crippen LogP contribution >= 0.6 is 0 Å². The SMILES string of the molecule is COc1ccc(NC(C(N)=O)C(C)(C)C)cc1. The molecule has 0 fully saturated rings. The highest BCUT2D eigenvalue weighted by atomic mass is 16.5. The van der Waals surface area contributed by atoms with Crippen molar-refractivity contribution in [3.05, 3.63) is 24.3 Å². The lowest BCUT2D eigenvalue weighted by Crippen LogP contribution is -2.45. The molecule has 1 atom stereocenters. The molecule has 0 spiro atoms. The Kier molecular flexibility index (Phi) is 3.99. The van der Waals surface area contributed by atoms with Gasteiger partial charge in [-0.25, -0.2) is 0 Å². The number of carbonyl (C=O) groups is 1. The van der Waals surface area contributed by atoms with Crippen molar-refractivity contribution in [1.82, 2.24) is 0 Å². The van der Waals surface area contributed by atoms with E-state index < -0.39 is 6.04 Å². The summed E-state index contributed by atoms with van der Waals surface area (Å²) in [5.41, 5.74) is 6.02. The molecule has 0 aliphatic heterocycles. The maximum atomic E-state index is 11.4. The van der Waals surface area contributed by atoms with Crippen molar-refractivity contribution in [1.29, 1.82) is 0 Å². The number of amides is 1. The van der Waals surface area contributed by atoms with Crippen LogP contribution < -0.4 is 15.8 Å². The van der Waals surface area contributed by atoms with Crippen LogP contribution in [0.5, 0.6) is 5.75 Å². The Bertz CT molecular complexity index is 379. The molecule has 0 saturated heterocycles. The molecule has 0 aliphatic rings. The van der Waals surface area contributed by atoms with Gasteiger partial charge in [-0.3, -0.25) is 4.79 Å². The Morgan fingerprint density at radius 2 is 1.82 bits per heavy atom. The zero-order chi connectivity index (χ0) is 13.1. The minimum Gasteiger partial charge on any atom is -0.497 e. The summed E-state index contributed by atoms with van der Waals surface area (Å²) in [6.45, 7) is 5.91. The van der Waals surface area contributed by atoms with Crippen LogP contribution in [0.15, 0.2) is 24.3 Å². The number of carbonyl (C=O) groups excluding carboxylic acids is 1. The first kappa shape index (κ1) is 13.4. The maximum absolute atomic E-state index is 11.4. The lowest BCUT2D eigenvalue weighted by Gasteiger charge is -2.29. The zero-order valence-electron chi connectivity index (χ0n) is 10.8. The number of hydrogen-bond donors (Lipinski definition) is 2. The Hall–Kier alpha value is -1.71. The van der Waals surface area contributed by atoms with Gasteiger partial charge in [0.2, 0.25) is 5.91 Å². The summed E-state index contributed by atoms with van der Waals surface area (Å²) in [6.07, 6.45) is 0. The molecule has 1 unspecified atom stereocenters. The molecule has 0 aromatic heterocycles. The van der Waals surface area contributed by atoms with Gasteiger partial charge >= 0.3 is 0 Å². The van der Waals surface area contributed by atoms with Crippen LogP contribution in [0.25, 0.3) is 0 Å². The number of primary amides is 1. The van der Waals surface area contributed by atoms with Crippen LogP contribution in [-0.4, -0.2) is 19.1 Å². The van der Waals surface area contributed by atoms with Gasteiger partial charge in [-0.05, 0) is 29.7 Å². The van der Waals surface area contributed by atoms with Crippen LogP contribution in [0.2, 0.25) is 0 Å². The van der Waals surface area contributed by atoms with Gasteiger partial charge in [0.25, 0.3) is 0 Å². The molecule has 1 amide bonds. The Balaban J connectivity index is 2.83. The van der Waals surface area contributed by atoms with E-state index in [1.807, 2.05) is 45.0 Å². The third-order valence-electron chi connectivity index (χ3n) is 2.55. The summed E-state index contributed by atoms with van der Waals surface area (Å²) in [5.74, 6) is 0.426. The summed E-state index contributed by atoms with van der Waals surface area (Å²) in [7, 11) is 1.61. The molecule has 4 nitrogen and oxygen atoms in total. The molecular formula is C13H20N2O2. The quantitative estimate of drug-likeness (QED) is 0.840. The molecule has 0 heterocycles. The number of anilines is 1. The Morgan fingerprint density at radius 1 is 1.29 bits per heavy atom. The van der Waals surface area contributed by atoms with Crippen molar-refractivity contribution in [2.45, 2.75) is 26.8 Å². The fraction of sp³-hybridized carbons (Fsp3) is 0.462. The molecule has 1 rings (SSSR count). The predicted molar refractivity (Wildman–Crippen MR) is 69.1 cm³/mol. The third-order valence-corrected chi connectivity index (χ3v) is 2.55. The molecule has 0 radical (unpaired) electrons. The van der Waals surface area contributed by atoms with Crippen LogP contribution in [0, 0.1) is 5.41 Å². The van der Waals surface area contributed by atoms with Crippen LogP contribution in [-0.2, 0) is 4.79 Å². The van der Waals surface area contributed by atoms with E-state index in [1.165, 1.54) is 0 Å². The normalized spacial score (nSPS) is 12.9. The largest absolute Gasteiger partial charge is 0.497 e. The maximum Gasteiger partial charge on any atom is 0.240 e. The van der Waals surface area contributed by atoms with E-state index in [9.17, 15) is 4.79 Å². The second-order valence-electron chi connectivity index (χ2n) is 5.07. The first-order chi connectivity index (χ1) is 7.84. The summed E-state index contributed by atoms with van der Waals surface area (Å²) in [5, 5.41) is 3.14. The fourth-order valence-corrected chi connectivity index (χ4v) is 1.57. The summed E-state index contributed by atoms with van der Waals surface area (Å²) < 4.78 is 5.07. The average molecular weight is 236 g/mol. The van der Waals surface area contributed by atoms with Gasteiger partial charge in [-0.1, -0.05) is 20.8 Å². The van der Waals surface area contributed by atoms with E-state index in [0.717, 1.165) is 11.4 Å². The summed E-state index contributed by atoms with van der Waals surface area (Å²) in [6, 6.07) is 6.99. The van der Waals surface area contributed by atoms with Gasteiger partial charge in [-0.15, -0.1) is 0 Å². The van der Waals surface area contributed by atoms with Gasteiger partial charge in [0.05, 0.1) is 7.11 Å². The number of nitrogens with one attached hydrogen (secondary N) is 1. The molecule has 17 heavy (non-hydrogen) atoms. The van der Waals surface area contributed by atoms with Gasteiger partial charge < -0.3 is 15.8 Å². The van der Waals surface area contributed by atoms with E-state index in [4.69, 9.17) is 10.5 Å². The molecule has 0 saturated carbocycles. The highest BCUT2D eigenvalue weighted by molar-refractivity contribution is 5.83. The second-order valence-corrected chi connectivity index (χ2v) is 5.07. The standard InChI is InChI=1S/C13H20N2O2/c1-13(2,3)11(12(14)16)15-9-5-7-10(17-4)8-6-9/h5-8,11,15H,1-4H3,(H2,14,16). The van der Waals surface area contributed by atoms with E-state index in [0.29, 0.717) is 0 Å². The molecule has 0 aliphatic carbocycles. The first-order valence-electron chi connectivity index (χ1n) is 5.54. The number of ether oxygens (including phenoxy) is 1. The molecule has 0 bridgehead atoms. The molecule has 1 aromatic rings. The van der Waals surface area contributed by atoms with E-state index in [-0.39, 0.29) is 11.3 Å². The number of hydrogen-bond acceptors (Lipinski definition) is 3. The van der Waals surface area contributed by atoms with Crippen molar-refractivity contribution in [3.8, 4) is 5.75 Å². The Morgan fingerprint density at radius 3 is 2.18 bits per heavy atom. The average Bonchev–Trinajstić information content (AvgIpc) is 2.24. The van der Waals surface area contributed by atoms with E-state index in [2.05, 4.69) is 5.32 Å². The lowest BCUT2D eigenvalue weighted by molar-refractivity contribution is -0.120. The van der Waals surface area contributed by atoms with Gasteiger partial charge in [0.15, 0.2) is 0 Å². The lowest BCUT2D eigenvalue weighted by atomic mass is 9.86. The van der Waals surface area contributed by atoms with Crippen molar-refractivity contribution < 1.29 is 9.53 Å². The smallest absolute Gasteiger partial charge is 0.240 e. The number of nitrogens with two attached hydrogens (primary N) is 1. The molecular weight excluding hydrogens is 216 g/mol. The predicted octanol–water partition coefficient (Wildman–Crippen LogP) is 2.01. The van der Waals surface area contributed by atoms with Crippen molar-refractivity contribution in [2.24, 2.45) is 11.1 Å². The Labute approximate surface area is 102 Å². The van der Waals surface area contributed by atoms with Crippen molar-refractivity contribution in [3.63, 3.8) is 0 Å². The summed E-state index contributed by atoms with van der Waals surface area (Å²) >= 11 is 0. The first-order valence-corrected chi connectivity index (χ1v) is 5.54. The topological polar surface area (TPSA) is 64.3 Å². The highest BCUT2D eigenvalue weighted by Crippen LogP contribution is 2.24. The molecule has 94 valence electrons. The molecule has 3 N–H and O–H groups in total. The van der Waals surface area contributed by atoms with Crippen LogP contribution in [0.4, 0.5) is 5.69 Å². The van der Waals surface area contributed by atoms with Gasteiger partial charge in [-0.2, -0.15) is 0 Å². The van der Waals surface area contributed by atoms with Gasteiger partial charge in [0.1, 0.15) is 11.8 Å². The highest BCUT2D eigenvalue weighted by Gasteiger charge is 2.29. The molecule has 1 aromatic carbocycles. The molecule has 4 heteroatoms. The monoisotopic (exact) mass is 236 g/mol. The third kappa shape index (κ3) is 3.66. The summed E-state index contributed by atoms with van der Waals surface area (Å²) in [4.78, 5) is 11.4. The van der Waals surface area contributed by atoms with Crippen LogP contribution in [0.1, 0.15) is 20.8 Å². The minimum atomic E-state index is -0.407. The van der Waals surface area contributed by atoms with Gasteiger partial charge in [0, 0.05) is 5.69 Å². The zero-order valence-corrected chi connectivity index (χ0v) is 10.8. The van der Waals surface area contributed by atoms with E-state index >= 15 is 0 Å². The van der Waals surface area contributed by atoms with Crippen molar-refractivity contribution in [2.75, 3.05) is 12.4 Å². The minimum absolute atomic E-state index is 0.230. The number of methoxy groups -OCH3 is 1. The van der Waals surface area contributed by atoms with E-state index in [1.54, 1.807) is 7.11 Å².